The van der Waals surface area contributed by atoms with E-state index in [2.05, 4.69) is 5.10 Å². The summed E-state index contributed by atoms with van der Waals surface area (Å²) in [7, 11) is 1.79. The lowest BCUT2D eigenvalue weighted by atomic mass is 10.2. The Hall–Kier alpha value is -2.96. The molecule has 2 aromatic heterocycles. The van der Waals surface area contributed by atoms with Gasteiger partial charge in [0, 0.05) is 30.8 Å². The molecule has 7 nitrogen and oxygen atoms in total. The highest BCUT2D eigenvalue weighted by molar-refractivity contribution is 5.95. The van der Waals surface area contributed by atoms with Gasteiger partial charge in [0.2, 0.25) is 5.78 Å². The molecule has 0 aliphatic heterocycles. The number of aromatic nitrogens is 3. The van der Waals surface area contributed by atoms with Crippen molar-refractivity contribution in [2.24, 2.45) is 7.05 Å². The molecular formula is C14H12N4O3. The fraction of sp³-hybridized carbons (Fsp3) is 0.143. The molecule has 0 aliphatic rings. The van der Waals surface area contributed by atoms with Crippen LogP contribution in [0.15, 0.2) is 42.7 Å². The minimum Gasteiger partial charge on any atom is -0.348 e. The van der Waals surface area contributed by atoms with Gasteiger partial charge in [0.25, 0.3) is 5.69 Å². The van der Waals surface area contributed by atoms with Crippen LogP contribution in [0.25, 0.3) is 10.9 Å². The zero-order chi connectivity index (χ0) is 15.0. The number of hydrogen-bond donors (Lipinski definition) is 0. The van der Waals surface area contributed by atoms with Crippen LogP contribution in [0.2, 0.25) is 0 Å². The number of carbonyl (C=O) groups excluding carboxylic acids is 1. The molecule has 0 saturated carbocycles. The molecule has 0 radical (unpaired) electrons. The zero-order valence-corrected chi connectivity index (χ0v) is 11.3. The first-order valence-corrected chi connectivity index (χ1v) is 6.31. The van der Waals surface area contributed by atoms with Gasteiger partial charge in [-0.05, 0) is 18.2 Å². The Kier molecular flexibility index (Phi) is 3.02. The number of nitro groups is 1. The van der Waals surface area contributed by atoms with E-state index in [0.29, 0.717) is 11.2 Å². The molecule has 0 saturated heterocycles. The van der Waals surface area contributed by atoms with E-state index in [4.69, 9.17) is 0 Å². The molecule has 0 spiro atoms. The Labute approximate surface area is 119 Å². The van der Waals surface area contributed by atoms with Crippen LogP contribution in [0.1, 0.15) is 10.5 Å². The number of nitrogens with zero attached hydrogens (tertiary/aromatic N) is 4. The quantitative estimate of drug-likeness (QED) is 0.417. The molecule has 0 aliphatic carbocycles. The molecule has 0 atom stereocenters. The molecule has 0 unspecified atom stereocenters. The van der Waals surface area contributed by atoms with Crippen LogP contribution >= 0.6 is 0 Å². The van der Waals surface area contributed by atoms with E-state index in [9.17, 15) is 14.9 Å². The third kappa shape index (κ3) is 2.29. The Bertz CT molecular complexity index is 847. The Morgan fingerprint density at radius 3 is 2.86 bits per heavy atom. The summed E-state index contributed by atoms with van der Waals surface area (Å²) in [5.74, 6) is -0.0981. The maximum atomic E-state index is 12.2. The Balaban J connectivity index is 1.97. The number of Topliss-reactive ketones (excluding diaryl/α,β-unsaturated/α-hetero) is 1. The maximum Gasteiger partial charge on any atom is 0.271 e. The monoisotopic (exact) mass is 284 g/mol. The van der Waals surface area contributed by atoms with E-state index in [1.165, 1.54) is 16.8 Å². The molecule has 0 amide bonds. The first-order valence-electron chi connectivity index (χ1n) is 6.31. The van der Waals surface area contributed by atoms with Gasteiger partial charge in [0.1, 0.15) is 6.54 Å². The van der Waals surface area contributed by atoms with Gasteiger partial charge in [-0.25, -0.2) is 0 Å². The van der Waals surface area contributed by atoms with E-state index in [1.54, 1.807) is 42.2 Å². The van der Waals surface area contributed by atoms with E-state index < -0.39 is 4.92 Å². The van der Waals surface area contributed by atoms with Crippen LogP contribution in [-0.2, 0) is 13.6 Å². The van der Waals surface area contributed by atoms with Crippen LogP contribution in [-0.4, -0.2) is 25.1 Å². The molecule has 21 heavy (non-hydrogen) atoms. The number of hydrogen-bond acceptors (Lipinski definition) is 4. The molecule has 3 rings (SSSR count). The highest BCUT2D eigenvalue weighted by atomic mass is 16.6. The van der Waals surface area contributed by atoms with Crippen LogP contribution in [0, 0.1) is 10.1 Å². The van der Waals surface area contributed by atoms with Crippen LogP contribution in [0.5, 0.6) is 0 Å². The van der Waals surface area contributed by atoms with Gasteiger partial charge in [-0.15, -0.1) is 0 Å². The summed E-state index contributed by atoms with van der Waals surface area (Å²) in [5, 5.41) is 15.7. The third-order valence-electron chi connectivity index (χ3n) is 3.36. The maximum absolute atomic E-state index is 12.2. The van der Waals surface area contributed by atoms with Crippen molar-refractivity contribution in [1.29, 1.82) is 0 Å². The summed E-state index contributed by atoms with van der Waals surface area (Å²) >= 11 is 0. The first-order chi connectivity index (χ1) is 10.1. The lowest BCUT2D eigenvalue weighted by Gasteiger charge is -2.04. The molecule has 2 heterocycles. The van der Waals surface area contributed by atoms with Gasteiger partial charge in [0.15, 0.2) is 0 Å². The van der Waals surface area contributed by atoms with Crippen molar-refractivity contribution in [3.8, 4) is 0 Å². The summed E-state index contributed by atoms with van der Waals surface area (Å²) in [6, 6.07) is 8.01. The van der Waals surface area contributed by atoms with Crippen LogP contribution < -0.4 is 0 Å². The molecule has 3 aromatic rings. The largest absolute Gasteiger partial charge is 0.348 e. The minimum atomic E-state index is -0.463. The average molecular weight is 284 g/mol. The Morgan fingerprint density at radius 1 is 1.38 bits per heavy atom. The molecular weight excluding hydrogens is 272 g/mol. The molecule has 0 fully saturated rings. The predicted molar refractivity (Wildman–Crippen MR) is 76.1 cm³/mol. The third-order valence-corrected chi connectivity index (χ3v) is 3.36. The lowest BCUT2D eigenvalue weighted by Crippen LogP contribution is -2.14. The molecule has 0 N–H and O–H groups in total. The molecule has 0 bridgehead atoms. The minimum absolute atomic E-state index is 0.0180. The number of non-ortho nitro benzene ring substituents is 1. The number of nitro benzene ring substituents is 1. The molecule has 106 valence electrons. The van der Waals surface area contributed by atoms with Gasteiger partial charge in [-0.3, -0.25) is 19.6 Å². The number of rotatable bonds is 4. The summed E-state index contributed by atoms with van der Waals surface area (Å²) in [5.41, 5.74) is 1.13. The van der Waals surface area contributed by atoms with Gasteiger partial charge < -0.3 is 4.57 Å². The number of ketones is 1. The number of benzene rings is 1. The van der Waals surface area contributed by atoms with Gasteiger partial charge >= 0.3 is 0 Å². The van der Waals surface area contributed by atoms with Crippen LogP contribution in [0.4, 0.5) is 5.69 Å². The van der Waals surface area contributed by atoms with Gasteiger partial charge in [-0.2, -0.15) is 5.10 Å². The summed E-state index contributed by atoms with van der Waals surface area (Å²) in [6.07, 6.45) is 3.39. The highest BCUT2D eigenvalue weighted by Crippen LogP contribution is 2.20. The number of fused-ring (bicyclic) bond motifs is 1. The fourth-order valence-electron chi connectivity index (χ4n) is 2.27. The summed E-state index contributed by atoms with van der Waals surface area (Å²) in [4.78, 5) is 22.6. The number of carbonyl (C=O) groups is 1. The standard InChI is InChI=1S/C14H12N4O3/c1-16-6-2-3-12(16)14(19)9-17-13-7-11(18(20)21)5-4-10(13)8-15-17/h2-8H,9H2,1H3. The lowest BCUT2D eigenvalue weighted by molar-refractivity contribution is -0.384. The number of aryl methyl sites for hydroxylation is 1. The van der Waals surface area contributed by atoms with Crippen molar-refractivity contribution in [3.05, 3.63) is 58.5 Å². The van der Waals surface area contributed by atoms with Crippen molar-refractivity contribution < 1.29 is 9.72 Å². The van der Waals surface area contributed by atoms with Crippen molar-refractivity contribution in [1.82, 2.24) is 14.3 Å². The van der Waals surface area contributed by atoms with E-state index >= 15 is 0 Å². The second-order valence-electron chi connectivity index (χ2n) is 4.73. The van der Waals surface area contributed by atoms with Crippen LogP contribution in [0.3, 0.4) is 0 Å². The highest BCUT2D eigenvalue weighted by Gasteiger charge is 2.14. The van der Waals surface area contributed by atoms with Crippen molar-refractivity contribution in [3.63, 3.8) is 0 Å². The molecule has 7 heteroatoms. The first kappa shape index (κ1) is 13.0. The fourth-order valence-corrected chi connectivity index (χ4v) is 2.27. The van der Waals surface area contributed by atoms with Gasteiger partial charge in [0.05, 0.1) is 22.3 Å². The SMILES string of the molecule is Cn1cccc1C(=O)Cn1ncc2ccc([N+](=O)[O-])cc21. The summed E-state index contributed by atoms with van der Waals surface area (Å²) < 4.78 is 3.22. The van der Waals surface area contributed by atoms with Gasteiger partial charge in [-0.1, -0.05) is 0 Å². The zero-order valence-electron chi connectivity index (χ0n) is 11.3. The van der Waals surface area contributed by atoms with Crippen molar-refractivity contribution in [2.75, 3.05) is 0 Å². The Morgan fingerprint density at radius 2 is 2.19 bits per heavy atom. The smallest absolute Gasteiger partial charge is 0.271 e. The topological polar surface area (TPSA) is 83.0 Å². The normalized spacial score (nSPS) is 10.9. The second-order valence-corrected chi connectivity index (χ2v) is 4.73. The van der Waals surface area contributed by atoms with Crippen molar-refractivity contribution >= 4 is 22.4 Å². The summed E-state index contributed by atoms with van der Waals surface area (Å²) in [6.45, 7) is 0.0442. The average Bonchev–Trinajstić information content (AvgIpc) is 3.05. The van der Waals surface area contributed by atoms with E-state index in [0.717, 1.165) is 5.39 Å². The second kappa shape index (κ2) is 4.86. The predicted octanol–water partition coefficient (Wildman–Crippen LogP) is 2.17. The van der Waals surface area contributed by atoms with E-state index in [1.807, 2.05) is 0 Å². The molecule has 1 aromatic carbocycles. The van der Waals surface area contributed by atoms with E-state index in [-0.39, 0.29) is 18.0 Å². The van der Waals surface area contributed by atoms with Crippen molar-refractivity contribution in [2.45, 2.75) is 6.54 Å².